The number of hydrogen-bond acceptors (Lipinski definition) is 4. The van der Waals surface area contributed by atoms with Gasteiger partial charge in [-0.1, -0.05) is 0 Å². The Morgan fingerprint density at radius 2 is 0.737 bits per heavy atom. The number of quaternary nitrogens is 2. The van der Waals surface area contributed by atoms with Crippen LogP contribution in [0.3, 0.4) is 0 Å². The first-order valence-corrected chi connectivity index (χ1v) is 11.8. The molecule has 0 fully saturated rings. The van der Waals surface area contributed by atoms with Crippen molar-refractivity contribution in [1.29, 1.82) is 0 Å². The minimum absolute atomic E-state index is 1.27. The molecule has 0 aliphatic heterocycles. The zero-order valence-electron chi connectivity index (χ0n) is 13.3. The molecule has 0 aromatic carbocycles. The van der Waals surface area contributed by atoms with E-state index >= 15 is 0 Å². The van der Waals surface area contributed by atoms with Crippen molar-refractivity contribution in [3.8, 4) is 0 Å². The van der Waals surface area contributed by atoms with Gasteiger partial charge in [-0.25, -0.2) is 0 Å². The second-order valence-corrected chi connectivity index (χ2v) is 6.96. The first kappa shape index (κ1) is 24.2. The van der Waals surface area contributed by atoms with E-state index in [4.69, 9.17) is 14.3 Å². The molecule has 7 heteroatoms. The maximum absolute atomic E-state index is 8.65. The molecule has 0 aliphatic rings. The molecule has 0 spiro atoms. The normalized spacial score (nSPS) is 10.6. The Morgan fingerprint density at radius 3 is 0.737 bits per heavy atom. The number of nitrogens with one attached hydrogen (secondary N) is 2. The first-order chi connectivity index (χ1) is 8.69. The van der Waals surface area contributed by atoms with Crippen molar-refractivity contribution in [2.75, 3.05) is 39.3 Å². The second-order valence-electron chi connectivity index (χ2n) is 4.03. The van der Waals surface area contributed by atoms with Crippen molar-refractivity contribution >= 4 is 0 Å². The molecule has 0 atom stereocenters. The predicted molar refractivity (Wildman–Crippen MR) is 66.5 cm³/mol. The van der Waals surface area contributed by atoms with Crippen molar-refractivity contribution in [2.24, 2.45) is 0 Å². The summed E-state index contributed by atoms with van der Waals surface area (Å²) in [7, 11) is 0. The molecule has 0 radical (unpaired) electrons. The third-order valence-corrected chi connectivity index (χ3v) is 3.00. The monoisotopic (exact) mass is 452 g/mol. The Kier molecular flexibility index (Phi) is 20.6. The minimum atomic E-state index is -6.17. The van der Waals surface area contributed by atoms with Crippen LogP contribution >= 0.6 is 0 Å². The van der Waals surface area contributed by atoms with E-state index in [1.165, 1.54) is 39.3 Å². The molecule has 2 N–H and O–H groups in total. The van der Waals surface area contributed by atoms with Gasteiger partial charge in [0.1, 0.15) is 0 Å². The standard InChI is InChI=1S/2C6H15N.4O.W/c2*1-4-7(5-2)6-3;;;;;/h2*4-6H2,1-3H3;;;;;/q;;;;2*-1;/p+2. The summed E-state index contributed by atoms with van der Waals surface area (Å²) < 4.78 is 34.6. The van der Waals surface area contributed by atoms with Crippen LogP contribution in [0, 0.1) is 0 Å². The number of rotatable bonds is 6. The fraction of sp³-hybridized carbons (Fsp3) is 1.00. The summed E-state index contributed by atoms with van der Waals surface area (Å²) >= 11 is -6.17. The Hall–Kier alpha value is 0.128. The van der Waals surface area contributed by atoms with Crippen molar-refractivity contribution in [3.63, 3.8) is 0 Å². The summed E-state index contributed by atoms with van der Waals surface area (Å²) in [6, 6.07) is 0. The molecule has 0 unspecified atom stereocenters. The third kappa shape index (κ3) is 32.1. The van der Waals surface area contributed by atoms with Gasteiger partial charge in [0.05, 0.1) is 39.3 Å². The summed E-state index contributed by atoms with van der Waals surface area (Å²) in [5.74, 6) is 0. The van der Waals surface area contributed by atoms with Crippen LogP contribution in [0.4, 0.5) is 0 Å². The average molecular weight is 452 g/mol. The first-order valence-electron chi connectivity index (χ1n) is 7.03. The SMILES string of the molecule is CC[NH+](CC)CC.CC[NH+](CC)CC.[O]=[W](=[O])([O-])[O-]. The molecule has 0 aromatic heterocycles. The van der Waals surface area contributed by atoms with Crippen molar-refractivity contribution in [3.05, 3.63) is 0 Å². The van der Waals surface area contributed by atoms with Gasteiger partial charge in [-0.2, -0.15) is 0 Å². The van der Waals surface area contributed by atoms with E-state index in [2.05, 4.69) is 41.5 Å². The fourth-order valence-corrected chi connectivity index (χ4v) is 1.50. The average Bonchev–Trinajstić information content (AvgIpc) is 2.32. The van der Waals surface area contributed by atoms with E-state index < -0.39 is 16.7 Å². The van der Waals surface area contributed by atoms with Crippen LogP contribution in [0.25, 0.3) is 0 Å². The van der Waals surface area contributed by atoms with E-state index in [-0.39, 0.29) is 0 Å². The van der Waals surface area contributed by atoms with Gasteiger partial charge in [0, 0.05) is 0 Å². The molecule has 0 heterocycles. The van der Waals surface area contributed by atoms with E-state index in [0.29, 0.717) is 0 Å². The summed E-state index contributed by atoms with van der Waals surface area (Å²) in [6.45, 7) is 21.0. The van der Waals surface area contributed by atoms with Gasteiger partial charge in [-0.3, -0.25) is 0 Å². The molecule has 0 saturated carbocycles. The maximum atomic E-state index is 8.65. The van der Waals surface area contributed by atoms with Crippen LogP contribution in [0.15, 0.2) is 0 Å². The van der Waals surface area contributed by atoms with Gasteiger partial charge in [0.25, 0.3) is 0 Å². The zero-order chi connectivity index (χ0) is 15.9. The van der Waals surface area contributed by atoms with Crippen LogP contribution in [-0.2, 0) is 23.5 Å². The molecule has 120 valence electrons. The Bertz CT molecular complexity index is 219. The molecule has 0 aliphatic carbocycles. The quantitative estimate of drug-likeness (QED) is 0.458. The van der Waals surface area contributed by atoms with Gasteiger partial charge in [0.15, 0.2) is 0 Å². The van der Waals surface area contributed by atoms with Crippen LogP contribution < -0.4 is 17.3 Å². The van der Waals surface area contributed by atoms with Crippen molar-refractivity contribution in [1.82, 2.24) is 0 Å². The Labute approximate surface area is 122 Å². The van der Waals surface area contributed by atoms with Gasteiger partial charge in [-0.05, 0) is 41.5 Å². The fourth-order valence-electron chi connectivity index (χ4n) is 1.50. The molecule has 6 nitrogen and oxygen atoms in total. The molecule has 0 aromatic rings. The van der Waals surface area contributed by atoms with Crippen LogP contribution in [-0.4, -0.2) is 39.3 Å². The molecule has 0 saturated heterocycles. The second kappa shape index (κ2) is 16.2. The zero-order valence-corrected chi connectivity index (χ0v) is 16.2. The van der Waals surface area contributed by atoms with Gasteiger partial charge in [0.2, 0.25) is 0 Å². The predicted octanol–water partition coefficient (Wildman–Crippen LogP) is -2.76. The number of hydrogen-bond donors (Lipinski definition) is 2. The summed E-state index contributed by atoms with van der Waals surface area (Å²) in [6.07, 6.45) is 0. The van der Waals surface area contributed by atoms with E-state index in [1.807, 2.05) is 0 Å². The molecule has 0 rings (SSSR count). The van der Waals surface area contributed by atoms with E-state index in [1.54, 1.807) is 9.80 Å². The molecular weight excluding hydrogens is 420 g/mol. The Morgan fingerprint density at radius 1 is 0.632 bits per heavy atom. The van der Waals surface area contributed by atoms with Crippen LogP contribution in [0.2, 0.25) is 0 Å². The third-order valence-electron chi connectivity index (χ3n) is 3.00. The van der Waals surface area contributed by atoms with Gasteiger partial charge in [-0.15, -0.1) is 0 Å². The van der Waals surface area contributed by atoms with E-state index in [0.717, 1.165) is 0 Å². The summed E-state index contributed by atoms with van der Waals surface area (Å²) in [4.78, 5) is 3.36. The van der Waals surface area contributed by atoms with Gasteiger partial charge >= 0.3 is 31.1 Å². The molecule has 0 bridgehead atoms. The molecule has 19 heavy (non-hydrogen) atoms. The Balaban J connectivity index is -0.000000206. The van der Waals surface area contributed by atoms with Crippen molar-refractivity contribution in [2.45, 2.75) is 41.5 Å². The van der Waals surface area contributed by atoms with Crippen LogP contribution in [0.5, 0.6) is 0 Å². The molecular formula is C12H32N2O4W. The van der Waals surface area contributed by atoms with Crippen molar-refractivity contribution < 1.29 is 40.9 Å². The summed E-state index contributed by atoms with van der Waals surface area (Å²) in [5.41, 5.74) is 0. The van der Waals surface area contributed by atoms with E-state index in [9.17, 15) is 0 Å². The van der Waals surface area contributed by atoms with Crippen LogP contribution in [0.1, 0.15) is 41.5 Å². The molecule has 0 amide bonds. The van der Waals surface area contributed by atoms with Gasteiger partial charge < -0.3 is 9.80 Å². The topological polar surface area (TPSA) is 89.1 Å². The summed E-state index contributed by atoms with van der Waals surface area (Å²) in [5, 5.41) is 0.